The van der Waals surface area contributed by atoms with Crippen LogP contribution in [0.3, 0.4) is 0 Å². The second-order valence-electron chi connectivity index (χ2n) is 9.37. The first-order valence-corrected chi connectivity index (χ1v) is 11.6. The molecule has 1 N–H and O–H groups in total. The van der Waals surface area contributed by atoms with Crippen molar-refractivity contribution >= 4 is 17.1 Å². The topological polar surface area (TPSA) is 46.5 Å². The van der Waals surface area contributed by atoms with Crippen LogP contribution in [0.2, 0.25) is 0 Å². The Bertz CT molecular complexity index is 930. The van der Waals surface area contributed by atoms with Crippen LogP contribution in [0.15, 0.2) is 12.1 Å². The minimum Gasteiger partial charge on any atom is -0.493 e. The molecule has 1 fully saturated rings. The molecule has 0 aliphatic heterocycles. The molecule has 156 valence electrons. The molecule has 0 unspecified atom stereocenters. The van der Waals surface area contributed by atoms with Gasteiger partial charge in [-0.1, -0.05) is 13.8 Å². The molecule has 0 amide bonds. The minimum atomic E-state index is 0.142. The van der Waals surface area contributed by atoms with Gasteiger partial charge in [-0.3, -0.25) is 4.79 Å². The van der Waals surface area contributed by atoms with Crippen molar-refractivity contribution in [3.63, 3.8) is 0 Å². The minimum absolute atomic E-state index is 0.142. The number of carbonyl (C=O) groups is 1. The first-order valence-electron chi connectivity index (χ1n) is 10.7. The number of Topliss-reactive ketones (excluding diaryl/α,β-unsaturated/α-hetero) is 1. The Kier molecular flexibility index (Phi) is 5.37. The summed E-state index contributed by atoms with van der Waals surface area (Å²) in [5, 5.41) is 8.90. The van der Waals surface area contributed by atoms with Gasteiger partial charge in [0.15, 0.2) is 5.78 Å². The predicted molar refractivity (Wildman–Crippen MR) is 119 cm³/mol. The van der Waals surface area contributed by atoms with Gasteiger partial charge in [0, 0.05) is 24.3 Å². The van der Waals surface area contributed by atoms with Crippen LogP contribution in [0.4, 0.5) is 0 Å². The van der Waals surface area contributed by atoms with Gasteiger partial charge in [-0.25, -0.2) is 0 Å². The monoisotopic (exact) mass is 412 g/mol. The summed E-state index contributed by atoms with van der Waals surface area (Å²) in [6.45, 7) is 11.8. The zero-order valence-corrected chi connectivity index (χ0v) is 19.0. The molecule has 1 aromatic heterocycles. The molecule has 29 heavy (non-hydrogen) atoms. The van der Waals surface area contributed by atoms with Gasteiger partial charge in [-0.05, 0) is 90.8 Å². The van der Waals surface area contributed by atoms with Crippen LogP contribution in [-0.2, 0) is 12.8 Å². The van der Waals surface area contributed by atoms with E-state index in [1.54, 1.807) is 11.3 Å². The molecule has 3 nitrogen and oxygen atoms in total. The summed E-state index contributed by atoms with van der Waals surface area (Å²) in [5.41, 5.74) is 6.90. The van der Waals surface area contributed by atoms with Crippen LogP contribution in [0, 0.1) is 32.1 Å². The van der Waals surface area contributed by atoms with E-state index in [0.717, 1.165) is 29.4 Å². The van der Waals surface area contributed by atoms with Crippen LogP contribution < -0.4 is 4.74 Å². The number of rotatable bonds is 8. The van der Waals surface area contributed by atoms with E-state index in [1.165, 1.54) is 32.7 Å². The Labute approximate surface area is 178 Å². The Hall–Kier alpha value is -1.65. The molecule has 1 saturated carbocycles. The SMILES string of the molecule is Cc1cc(OCCCO)cc(C)c1CCC(=O)c1sc(C)c2c1C[C@@H]1[C@H]2C1(C)C. The van der Waals surface area contributed by atoms with Crippen molar-refractivity contribution in [1.29, 1.82) is 0 Å². The zero-order chi connectivity index (χ0) is 20.9. The lowest BCUT2D eigenvalue weighted by Crippen LogP contribution is -2.07. The highest BCUT2D eigenvalue weighted by Crippen LogP contribution is 2.71. The maximum atomic E-state index is 13.1. The molecule has 2 aliphatic rings. The molecule has 2 atom stereocenters. The molecule has 2 aromatic rings. The number of ether oxygens (including phenoxy) is 1. The quantitative estimate of drug-likeness (QED) is 0.457. The molecule has 2 aliphatic carbocycles. The summed E-state index contributed by atoms with van der Waals surface area (Å²) in [4.78, 5) is 15.5. The molecule has 4 rings (SSSR count). The van der Waals surface area contributed by atoms with E-state index in [0.29, 0.717) is 36.6 Å². The lowest BCUT2D eigenvalue weighted by atomic mass is 9.93. The lowest BCUT2D eigenvalue weighted by Gasteiger charge is -2.14. The molecule has 0 radical (unpaired) electrons. The number of hydrogen-bond donors (Lipinski definition) is 1. The van der Waals surface area contributed by atoms with Gasteiger partial charge in [0.25, 0.3) is 0 Å². The fourth-order valence-electron chi connectivity index (χ4n) is 5.40. The Morgan fingerprint density at radius 2 is 1.93 bits per heavy atom. The van der Waals surface area contributed by atoms with Crippen molar-refractivity contribution in [2.24, 2.45) is 11.3 Å². The fourth-order valence-corrected chi connectivity index (χ4v) is 6.59. The van der Waals surface area contributed by atoms with E-state index in [2.05, 4.69) is 34.6 Å². The Morgan fingerprint density at radius 1 is 1.24 bits per heavy atom. The normalized spacial score (nSPS) is 21.0. The maximum Gasteiger partial charge on any atom is 0.173 e. The van der Waals surface area contributed by atoms with E-state index in [4.69, 9.17) is 9.84 Å². The highest BCUT2D eigenvalue weighted by atomic mass is 32.1. The van der Waals surface area contributed by atoms with Gasteiger partial charge < -0.3 is 9.84 Å². The summed E-state index contributed by atoms with van der Waals surface area (Å²) < 4.78 is 5.72. The van der Waals surface area contributed by atoms with Crippen LogP contribution >= 0.6 is 11.3 Å². The van der Waals surface area contributed by atoms with Crippen LogP contribution in [0.25, 0.3) is 0 Å². The van der Waals surface area contributed by atoms with Crippen molar-refractivity contribution in [2.45, 2.75) is 66.2 Å². The average molecular weight is 413 g/mol. The number of ketones is 1. The molecule has 4 heteroatoms. The zero-order valence-electron chi connectivity index (χ0n) is 18.2. The van der Waals surface area contributed by atoms with E-state index >= 15 is 0 Å². The number of hydrogen-bond acceptors (Lipinski definition) is 4. The van der Waals surface area contributed by atoms with E-state index in [9.17, 15) is 4.79 Å². The average Bonchev–Trinajstić information content (AvgIpc) is 2.99. The second-order valence-corrected chi connectivity index (χ2v) is 10.6. The third kappa shape index (κ3) is 3.55. The number of aliphatic hydroxyl groups excluding tert-OH is 1. The summed E-state index contributed by atoms with van der Waals surface area (Å²) >= 11 is 1.72. The maximum absolute atomic E-state index is 13.1. The second kappa shape index (κ2) is 7.55. The van der Waals surface area contributed by atoms with Crippen LogP contribution in [0.5, 0.6) is 5.75 Å². The summed E-state index contributed by atoms with van der Waals surface area (Å²) in [6, 6.07) is 4.10. The number of thiophene rings is 1. The van der Waals surface area contributed by atoms with Gasteiger partial charge in [0.05, 0.1) is 11.5 Å². The first-order chi connectivity index (χ1) is 13.8. The lowest BCUT2D eigenvalue weighted by molar-refractivity contribution is 0.0985. The van der Waals surface area contributed by atoms with Gasteiger partial charge >= 0.3 is 0 Å². The Balaban J connectivity index is 1.45. The number of benzene rings is 1. The third-order valence-electron chi connectivity index (χ3n) is 7.12. The highest BCUT2D eigenvalue weighted by molar-refractivity contribution is 7.14. The smallest absolute Gasteiger partial charge is 0.173 e. The van der Waals surface area contributed by atoms with Crippen molar-refractivity contribution in [3.8, 4) is 5.75 Å². The first kappa shape index (κ1) is 20.6. The predicted octanol–water partition coefficient (Wildman–Crippen LogP) is 5.55. The van der Waals surface area contributed by atoms with Crippen LogP contribution in [-0.4, -0.2) is 24.1 Å². The molecule has 0 bridgehead atoms. The van der Waals surface area contributed by atoms with Gasteiger partial charge in [-0.15, -0.1) is 11.3 Å². The van der Waals surface area contributed by atoms with Crippen molar-refractivity contribution in [2.75, 3.05) is 13.2 Å². The fraction of sp³-hybridized carbons (Fsp3) is 0.560. The Morgan fingerprint density at radius 3 is 2.59 bits per heavy atom. The number of carbonyl (C=O) groups excluding carboxylic acids is 1. The summed E-state index contributed by atoms with van der Waals surface area (Å²) in [7, 11) is 0. The highest BCUT2D eigenvalue weighted by Gasteiger charge is 2.63. The van der Waals surface area contributed by atoms with Crippen LogP contribution in [0.1, 0.15) is 75.0 Å². The van der Waals surface area contributed by atoms with Gasteiger partial charge in [-0.2, -0.15) is 0 Å². The summed E-state index contributed by atoms with van der Waals surface area (Å²) in [6.07, 6.45) is 3.07. The van der Waals surface area contributed by atoms with E-state index in [-0.39, 0.29) is 6.61 Å². The van der Waals surface area contributed by atoms with Gasteiger partial charge in [0.1, 0.15) is 5.75 Å². The largest absolute Gasteiger partial charge is 0.493 e. The molecule has 1 aromatic carbocycles. The number of fused-ring (bicyclic) bond motifs is 3. The molecular weight excluding hydrogens is 380 g/mol. The van der Waals surface area contributed by atoms with Crippen molar-refractivity contribution in [3.05, 3.63) is 49.7 Å². The molecule has 0 saturated heterocycles. The third-order valence-corrected chi connectivity index (χ3v) is 8.32. The summed E-state index contributed by atoms with van der Waals surface area (Å²) in [5.74, 6) is 2.57. The van der Waals surface area contributed by atoms with Gasteiger partial charge in [0.2, 0.25) is 0 Å². The molecular formula is C25H32O3S. The molecule has 1 heterocycles. The number of aliphatic hydroxyl groups is 1. The number of aryl methyl sites for hydroxylation is 3. The van der Waals surface area contributed by atoms with E-state index in [1.807, 2.05) is 12.1 Å². The standard InChI is InChI=1S/C25H32O3S/c1-14-11-17(28-10-6-9-26)12-15(2)18(14)7-8-21(27)24-19-13-20-23(25(20,4)5)22(19)16(3)29-24/h11-12,20,23,26H,6-10,13H2,1-5H3/t20-,23-/m1/s1. The molecule has 0 spiro atoms. The van der Waals surface area contributed by atoms with Crippen molar-refractivity contribution in [1.82, 2.24) is 0 Å². The van der Waals surface area contributed by atoms with E-state index < -0.39 is 0 Å². The van der Waals surface area contributed by atoms with Crippen molar-refractivity contribution < 1.29 is 14.6 Å².